The number of aromatic nitrogens is 2. The predicted molar refractivity (Wildman–Crippen MR) is 118 cm³/mol. The molecule has 32 heavy (non-hydrogen) atoms. The van der Waals surface area contributed by atoms with Crippen LogP contribution in [0.4, 0.5) is 8.78 Å². The Hall–Kier alpha value is -2.80. The van der Waals surface area contributed by atoms with Crippen LogP contribution in [0.3, 0.4) is 0 Å². The average Bonchev–Trinajstić information content (AvgIpc) is 3.17. The zero-order chi connectivity index (χ0) is 22.0. The molecule has 2 atom stereocenters. The molecule has 3 aromatic rings. The molecular formula is C25H26F2N4O. The lowest BCUT2D eigenvalue weighted by atomic mass is 9.87. The highest BCUT2D eigenvalue weighted by Crippen LogP contribution is 2.50. The maximum absolute atomic E-state index is 13.5. The number of carbonyl (C=O) groups excluding carboxylic acids is 1. The minimum atomic E-state index is -2.82. The van der Waals surface area contributed by atoms with Gasteiger partial charge in [0.05, 0.1) is 0 Å². The molecule has 2 fully saturated rings. The largest absolute Gasteiger partial charge is 0.346 e. The summed E-state index contributed by atoms with van der Waals surface area (Å²) in [6.45, 7) is 3.95. The molecule has 0 spiro atoms. The third-order valence-corrected chi connectivity index (χ3v) is 7.32. The minimum absolute atomic E-state index is 0.229. The van der Waals surface area contributed by atoms with Crippen LogP contribution in [0.2, 0.25) is 0 Å². The number of amides is 1. The van der Waals surface area contributed by atoms with Crippen LogP contribution in [-0.2, 0) is 17.8 Å². The molecule has 1 unspecified atom stereocenters. The van der Waals surface area contributed by atoms with E-state index < -0.39 is 17.7 Å². The molecular weight excluding hydrogens is 410 g/mol. The zero-order valence-corrected chi connectivity index (χ0v) is 18.0. The lowest BCUT2D eigenvalue weighted by Gasteiger charge is -2.32. The Balaban J connectivity index is 1.39. The summed E-state index contributed by atoms with van der Waals surface area (Å²) in [5.74, 6) is -4.34. The number of halogens is 2. The molecule has 0 radical (unpaired) electrons. The molecule has 7 heteroatoms. The highest BCUT2D eigenvalue weighted by Gasteiger charge is 2.62. The van der Waals surface area contributed by atoms with Gasteiger partial charge in [-0.2, -0.15) is 0 Å². The summed E-state index contributed by atoms with van der Waals surface area (Å²) < 4.78 is 27.0. The van der Waals surface area contributed by atoms with Crippen LogP contribution >= 0.6 is 0 Å². The van der Waals surface area contributed by atoms with E-state index >= 15 is 0 Å². The number of fused-ring (bicyclic) bond motifs is 2. The molecule has 2 N–H and O–H groups in total. The number of benzene rings is 1. The molecule has 166 valence electrons. The highest BCUT2D eigenvalue weighted by atomic mass is 19.3. The number of nitrogens with zero attached hydrogens (tertiary/aromatic N) is 2. The van der Waals surface area contributed by atoms with Crippen molar-refractivity contribution in [3.63, 3.8) is 0 Å². The Morgan fingerprint density at radius 2 is 2.09 bits per heavy atom. The Bertz CT molecular complexity index is 1230. The number of rotatable bonds is 3. The molecule has 2 aromatic heterocycles. The summed E-state index contributed by atoms with van der Waals surface area (Å²) in [4.78, 5) is 22.1. The second kappa shape index (κ2) is 7.10. The standard InChI is InChI=1S/C25H26F2N4O/c1-14-11-29-23-18(14)9-17(12-30-23)16-7-15-4-6-31(24(32)21-10-25(21,26)27)13-20(15)19(8-16)22-3-2-5-28-22/h7-9,11-12,21-22,28H,2-6,10,13H2,1H3,(H,29,30)/t21?,22-/m0/s1. The van der Waals surface area contributed by atoms with Gasteiger partial charge in [-0.1, -0.05) is 6.07 Å². The number of hydrogen-bond donors (Lipinski definition) is 2. The van der Waals surface area contributed by atoms with Gasteiger partial charge in [-0.3, -0.25) is 4.79 Å². The van der Waals surface area contributed by atoms with Crippen molar-refractivity contribution in [3.05, 3.63) is 52.8 Å². The van der Waals surface area contributed by atoms with Gasteiger partial charge >= 0.3 is 0 Å². The highest BCUT2D eigenvalue weighted by molar-refractivity contribution is 5.85. The quantitative estimate of drug-likeness (QED) is 0.636. The zero-order valence-electron chi connectivity index (χ0n) is 18.0. The van der Waals surface area contributed by atoms with Gasteiger partial charge in [0.25, 0.3) is 5.92 Å². The smallest absolute Gasteiger partial charge is 0.260 e. The maximum Gasteiger partial charge on any atom is 0.260 e. The SMILES string of the molecule is Cc1c[nH]c2ncc(-c3cc4c(c([C@@H]5CCCN5)c3)CN(C(=O)C3CC3(F)F)CC4)cc12. The molecule has 6 rings (SSSR count). The summed E-state index contributed by atoms with van der Waals surface area (Å²) in [6.07, 6.45) is 6.40. The van der Waals surface area contributed by atoms with Gasteiger partial charge in [-0.15, -0.1) is 0 Å². The number of carbonyl (C=O) groups is 1. The van der Waals surface area contributed by atoms with Crippen molar-refractivity contribution in [3.8, 4) is 11.1 Å². The van der Waals surface area contributed by atoms with E-state index in [-0.39, 0.29) is 12.5 Å². The molecule has 2 aliphatic heterocycles. The average molecular weight is 437 g/mol. The first kappa shape index (κ1) is 19.9. The molecule has 1 saturated heterocycles. The van der Waals surface area contributed by atoms with Crippen molar-refractivity contribution >= 4 is 16.9 Å². The molecule has 1 aromatic carbocycles. The predicted octanol–water partition coefficient (Wildman–Crippen LogP) is 4.50. The number of aryl methyl sites for hydroxylation is 1. The van der Waals surface area contributed by atoms with Gasteiger partial charge in [0.15, 0.2) is 0 Å². The second-order valence-electron chi connectivity index (χ2n) is 9.47. The third-order valence-electron chi connectivity index (χ3n) is 7.32. The van der Waals surface area contributed by atoms with Crippen molar-refractivity contribution in [1.29, 1.82) is 0 Å². The first-order chi connectivity index (χ1) is 15.4. The van der Waals surface area contributed by atoms with Gasteiger partial charge < -0.3 is 15.2 Å². The van der Waals surface area contributed by atoms with E-state index in [0.717, 1.165) is 52.7 Å². The summed E-state index contributed by atoms with van der Waals surface area (Å²) in [7, 11) is 0. The number of hydrogen-bond acceptors (Lipinski definition) is 3. The van der Waals surface area contributed by atoms with Crippen LogP contribution in [-0.4, -0.2) is 39.8 Å². The Kier molecular flexibility index (Phi) is 4.41. The van der Waals surface area contributed by atoms with Crippen molar-refractivity contribution in [1.82, 2.24) is 20.2 Å². The Labute approximate surface area is 185 Å². The van der Waals surface area contributed by atoms with Crippen molar-refractivity contribution < 1.29 is 13.6 Å². The molecule has 3 aliphatic rings. The molecule has 1 aliphatic carbocycles. The Morgan fingerprint density at radius 1 is 1.25 bits per heavy atom. The van der Waals surface area contributed by atoms with Crippen LogP contribution in [0.15, 0.2) is 30.6 Å². The lowest BCUT2D eigenvalue weighted by molar-refractivity contribution is -0.135. The second-order valence-corrected chi connectivity index (χ2v) is 9.47. The van der Waals surface area contributed by atoms with Gasteiger partial charge in [0.2, 0.25) is 5.91 Å². The first-order valence-electron chi connectivity index (χ1n) is 11.4. The number of alkyl halides is 2. The minimum Gasteiger partial charge on any atom is -0.346 e. The van der Waals surface area contributed by atoms with Gasteiger partial charge in [0.1, 0.15) is 11.6 Å². The number of pyridine rings is 1. The van der Waals surface area contributed by atoms with E-state index in [2.05, 4.69) is 40.4 Å². The van der Waals surface area contributed by atoms with Crippen LogP contribution in [0.5, 0.6) is 0 Å². The number of aromatic amines is 1. The van der Waals surface area contributed by atoms with E-state index in [4.69, 9.17) is 0 Å². The maximum atomic E-state index is 13.5. The summed E-state index contributed by atoms with van der Waals surface area (Å²) >= 11 is 0. The van der Waals surface area contributed by atoms with Gasteiger partial charge in [-0.05, 0) is 72.7 Å². The lowest BCUT2D eigenvalue weighted by Crippen LogP contribution is -2.38. The fourth-order valence-corrected chi connectivity index (χ4v) is 5.31. The van der Waals surface area contributed by atoms with E-state index in [0.29, 0.717) is 19.5 Å². The summed E-state index contributed by atoms with van der Waals surface area (Å²) in [6, 6.07) is 6.82. The molecule has 1 amide bonds. The third kappa shape index (κ3) is 3.22. The Morgan fingerprint density at radius 3 is 2.84 bits per heavy atom. The van der Waals surface area contributed by atoms with E-state index in [9.17, 15) is 13.6 Å². The van der Waals surface area contributed by atoms with Crippen molar-refractivity contribution in [2.24, 2.45) is 5.92 Å². The van der Waals surface area contributed by atoms with Crippen LogP contribution in [0.25, 0.3) is 22.2 Å². The topological polar surface area (TPSA) is 61.0 Å². The summed E-state index contributed by atoms with van der Waals surface area (Å²) in [5, 5.41) is 4.70. The van der Waals surface area contributed by atoms with E-state index in [1.54, 1.807) is 4.90 Å². The molecule has 1 saturated carbocycles. The number of H-pyrrole nitrogens is 1. The monoisotopic (exact) mass is 436 g/mol. The first-order valence-corrected chi connectivity index (χ1v) is 11.4. The summed E-state index contributed by atoms with van der Waals surface area (Å²) in [5.41, 5.74) is 7.77. The molecule has 0 bridgehead atoms. The van der Waals surface area contributed by atoms with Crippen LogP contribution in [0, 0.1) is 12.8 Å². The normalized spacial score (nSPS) is 24.0. The van der Waals surface area contributed by atoms with Crippen LogP contribution < -0.4 is 5.32 Å². The van der Waals surface area contributed by atoms with Gasteiger partial charge in [0, 0.05) is 48.9 Å². The van der Waals surface area contributed by atoms with Crippen molar-refractivity contribution in [2.75, 3.05) is 13.1 Å². The molecule has 5 nitrogen and oxygen atoms in total. The van der Waals surface area contributed by atoms with E-state index in [1.807, 2.05) is 12.4 Å². The van der Waals surface area contributed by atoms with E-state index in [1.165, 1.54) is 11.1 Å². The number of nitrogens with one attached hydrogen (secondary N) is 2. The molecule has 4 heterocycles. The fourth-order valence-electron chi connectivity index (χ4n) is 5.31. The van der Waals surface area contributed by atoms with Crippen molar-refractivity contribution in [2.45, 2.75) is 51.1 Å². The fraction of sp³-hybridized carbons (Fsp3) is 0.440. The van der Waals surface area contributed by atoms with Crippen LogP contribution in [0.1, 0.15) is 47.6 Å². The van der Waals surface area contributed by atoms with Gasteiger partial charge in [-0.25, -0.2) is 13.8 Å².